The number of carbonyl (C=O) groups is 2. The number of pyridine rings is 1. The maximum absolute atomic E-state index is 13.4. The van der Waals surface area contributed by atoms with Crippen LogP contribution in [0.4, 0.5) is 11.4 Å². The summed E-state index contributed by atoms with van der Waals surface area (Å²) < 4.78 is 6.71. The van der Waals surface area contributed by atoms with Gasteiger partial charge in [-0.15, -0.1) is 0 Å². The Morgan fingerprint density at radius 3 is 2.31 bits per heavy atom. The standard InChI is InChI=1S/C27H23N3O6/c1-16-13-14-19(30(34)35)15-22(16)28-25(31)17(2)36-27(33)24-23(18-9-5-4-6-10-18)20-11-7-8-12-21(20)26(32)29(24)3/h4-15,17H,1-3H3,(H,28,31). The van der Waals surface area contributed by atoms with Crippen LogP contribution in [-0.4, -0.2) is 27.5 Å². The van der Waals surface area contributed by atoms with Gasteiger partial charge in [0.1, 0.15) is 5.69 Å². The number of ether oxygens (including phenoxy) is 1. The average Bonchev–Trinajstić information content (AvgIpc) is 2.87. The Labute approximate surface area is 206 Å². The number of nitro benzene ring substituents is 1. The number of rotatable bonds is 6. The first-order chi connectivity index (χ1) is 17.2. The largest absolute Gasteiger partial charge is 0.448 e. The molecule has 0 radical (unpaired) electrons. The Balaban J connectivity index is 1.70. The van der Waals surface area contributed by atoms with E-state index in [0.29, 0.717) is 27.5 Å². The third-order valence-electron chi connectivity index (χ3n) is 5.90. The fourth-order valence-electron chi connectivity index (χ4n) is 3.96. The van der Waals surface area contributed by atoms with Crippen LogP contribution in [0, 0.1) is 17.0 Å². The van der Waals surface area contributed by atoms with Crippen molar-refractivity contribution in [3.8, 4) is 11.1 Å². The van der Waals surface area contributed by atoms with Crippen LogP contribution in [-0.2, 0) is 16.6 Å². The van der Waals surface area contributed by atoms with Gasteiger partial charge in [-0.1, -0.05) is 54.6 Å². The van der Waals surface area contributed by atoms with Gasteiger partial charge in [0, 0.05) is 30.1 Å². The lowest BCUT2D eigenvalue weighted by Gasteiger charge is -2.19. The molecular formula is C27H23N3O6. The lowest BCUT2D eigenvalue weighted by Crippen LogP contribution is -2.33. The molecule has 0 aliphatic carbocycles. The molecule has 4 aromatic rings. The summed E-state index contributed by atoms with van der Waals surface area (Å²) in [6.07, 6.45) is -1.25. The number of anilines is 1. The summed E-state index contributed by atoms with van der Waals surface area (Å²) in [5, 5.41) is 14.7. The van der Waals surface area contributed by atoms with Crippen molar-refractivity contribution in [2.24, 2.45) is 7.05 Å². The van der Waals surface area contributed by atoms with Gasteiger partial charge >= 0.3 is 5.97 Å². The van der Waals surface area contributed by atoms with Gasteiger partial charge in [0.25, 0.3) is 17.2 Å². The van der Waals surface area contributed by atoms with Crippen LogP contribution in [0.25, 0.3) is 21.9 Å². The van der Waals surface area contributed by atoms with E-state index in [2.05, 4.69) is 5.32 Å². The highest BCUT2D eigenvalue weighted by Crippen LogP contribution is 2.31. The number of aromatic nitrogens is 1. The number of fused-ring (bicyclic) bond motifs is 1. The first-order valence-electron chi connectivity index (χ1n) is 11.1. The molecule has 0 saturated carbocycles. The molecule has 1 atom stereocenters. The Morgan fingerprint density at radius 2 is 1.64 bits per heavy atom. The van der Waals surface area contributed by atoms with E-state index in [1.807, 2.05) is 30.3 Å². The second kappa shape index (κ2) is 9.83. The molecule has 0 fully saturated rings. The van der Waals surface area contributed by atoms with Crippen molar-refractivity contribution in [2.75, 3.05) is 5.32 Å². The van der Waals surface area contributed by atoms with Crippen molar-refractivity contribution in [1.82, 2.24) is 4.57 Å². The van der Waals surface area contributed by atoms with Crippen molar-refractivity contribution in [3.63, 3.8) is 0 Å². The fraction of sp³-hybridized carbons (Fsp3) is 0.148. The van der Waals surface area contributed by atoms with Gasteiger partial charge in [0.2, 0.25) is 0 Å². The number of non-ortho nitro benzene ring substituents is 1. The Hall–Kier alpha value is -4.79. The molecule has 1 heterocycles. The zero-order chi connectivity index (χ0) is 26.0. The number of aryl methyl sites for hydroxylation is 1. The molecule has 0 aliphatic heterocycles. The summed E-state index contributed by atoms with van der Waals surface area (Å²) in [6.45, 7) is 3.08. The van der Waals surface area contributed by atoms with Crippen LogP contribution < -0.4 is 10.9 Å². The number of carbonyl (C=O) groups excluding carboxylic acids is 2. The van der Waals surface area contributed by atoms with E-state index in [1.54, 1.807) is 31.2 Å². The minimum atomic E-state index is -1.25. The number of hydrogen-bond donors (Lipinski definition) is 1. The van der Waals surface area contributed by atoms with Crippen LogP contribution in [0.15, 0.2) is 77.6 Å². The summed E-state index contributed by atoms with van der Waals surface area (Å²) in [5.74, 6) is -1.52. The molecular weight excluding hydrogens is 462 g/mol. The maximum Gasteiger partial charge on any atom is 0.356 e. The minimum Gasteiger partial charge on any atom is -0.448 e. The summed E-state index contributed by atoms with van der Waals surface area (Å²) in [6, 6.07) is 20.2. The molecule has 9 heteroatoms. The second-order valence-corrected chi connectivity index (χ2v) is 8.29. The molecule has 1 N–H and O–H groups in total. The van der Waals surface area contributed by atoms with Crippen LogP contribution in [0.2, 0.25) is 0 Å². The zero-order valence-corrected chi connectivity index (χ0v) is 19.8. The van der Waals surface area contributed by atoms with Gasteiger partial charge in [-0.2, -0.15) is 0 Å². The Kier molecular flexibility index (Phi) is 6.64. The number of nitrogens with zero attached hydrogens (tertiary/aromatic N) is 2. The fourth-order valence-corrected chi connectivity index (χ4v) is 3.96. The monoisotopic (exact) mass is 485 g/mol. The molecule has 0 spiro atoms. The van der Waals surface area contributed by atoms with E-state index >= 15 is 0 Å². The SMILES string of the molecule is Cc1ccc([N+](=O)[O-])cc1NC(=O)C(C)OC(=O)c1c(-c2ccccc2)c2ccccc2c(=O)n1C. The first kappa shape index (κ1) is 24.3. The summed E-state index contributed by atoms with van der Waals surface area (Å²) in [5.41, 5.74) is 1.52. The lowest BCUT2D eigenvalue weighted by molar-refractivity contribution is -0.384. The second-order valence-electron chi connectivity index (χ2n) is 8.29. The van der Waals surface area contributed by atoms with Gasteiger partial charge in [-0.05, 0) is 36.4 Å². The number of esters is 1. The normalized spacial score (nSPS) is 11.6. The molecule has 1 unspecified atom stereocenters. The van der Waals surface area contributed by atoms with Gasteiger partial charge < -0.3 is 14.6 Å². The molecule has 9 nitrogen and oxygen atoms in total. The predicted molar refractivity (Wildman–Crippen MR) is 136 cm³/mol. The number of nitro groups is 1. The molecule has 0 bridgehead atoms. The van der Waals surface area contributed by atoms with Crippen LogP contribution in [0.1, 0.15) is 23.0 Å². The quantitative estimate of drug-likeness (QED) is 0.242. The van der Waals surface area contributed by atoms with E-state index < -0.39 is 22.9 Å². The molecule has 4 rings (SSSR count). The maximum atomic E-state index is 13.4. The van der Waals surface area contributed by atoms with Crippen LogP contribution in [0.3, 0.4) is 0 Å². The van der Waals surface area contributed by atoms with Crippen molar-refractivity contribution >= 4 is 34.0 Å². The molecule has 3 aromatic carbocycles. The average molecular weight is 485 g/mol. The van der Waals surface area contributed by atoms with Gasteiger partial charge in [0.15, 0.2) is 6.10 Å². The van der Waals surface area contributed by atoms with E-state index in [4.69, 9.17) is 4.74 Å². The van der Waals surface area contributed by atoms with Crippen molar-refractivity contribution in [2.45, 2.75) is 20.0 Å². The van der Waals surface area contributed by atoms with Crippen LogP contribution in [0.5, 0.6) is 0 Å². The third kappa shape index (κ3) is 4.58. The summed E-state index contributed by atoms with van der Waals surface area (Å²) in [7, 11) is 1.48. The predicted octanol–water partition coefficient (Wildman–Crippen LogP) is 4.61. The molecule has 1 amide bonds. The van der Waals surface area contributed by atoms with Crippen molar-refractivity contribution in [1.29, 1.82) is 0 Å². The Morgan fingerprint density at radius 1 is 1.00 bits per heavy atom. The van der Waals surface area contributed by atoms with Gasteiger partial charge in [-0.25, -0.2) is 4.79 Å². The molecule has 182 valence electrons. The molecule has 0 aliphatic rings. The summed E-state index contributed by atoms with van der Waals surface area (Å²) in [4.78, 5) is 49.7. The highest BCUT2D eigenvalue weighted by Gasteiger charge is 2.26. The van der Waals surface area contributed by atoms with E-state index in [9.17, 15) is 24.5 Å². The van der Waals surface area contributed by atoms with Gasteiger partial charge in [-0.3, -0.25) is 19.7 Å². The van der Waals surface area contributed by atoms with E-state index in [0.717, 1.165) is 0 Å². The number of hydrogen-bond acceptors (Lipinski definition) is 6. The topological polar surface area (TPSA) is 121 Å². The number of amides is 1. The Bertz CT molecular complexity index is 1560. The third-order valence-corrected chi connectivity index (χ3v) is 5.90. The first-order valence-corrected chi connectivity index (χ1v) is 11.1. The van der Waals surface area contributed by atoms with Crippen molar-refractivity contribution < 1.29 is 19.2 Å². The van der Waals surface area contributed by atoms with E-state index in [1.165, 1.54) is 36.7 Å². The smallest absolute Gasteiger partial charge is 0.356 e. The number of benzene rings is 3. The number of nitrogens with one attached hydrogen (secondary N) is 1. The summed E-state index contributed by atoms with van der Waals surface area (Å²) >= 11 is 0. The molecule has 36 heavy (non-hydrogen) atoms. The minimum absolute atomic E-state index is 0.0103. The van der Waals surface area contributed by atoms with Crippen LogP contribution >= 0.6 is 0 Å². The van der Waals surface area contributed by atoms with Crippen molar-refractivity contribution in [3.05, 3.63) is 105 Å². The van der Waals surface area contributed by atoms with E-state index in [-0.39, 0.29) is 22.6 Å². The highest BCUT2D eigenvalue weighted by molar-refractivity contribution is 6.07. The molecule has 1 aromatic heterocycles. The van der Waals surface area contributed by atoms with Gasteiger partial charge in [0.05, 0.1) is 10.6 Å². The molecule has 0 saturated heterocycles. The highest BCUT2D eigenvalue weighted by atomic mass is 16.6. The lowest BCUT2D eigenvalue weighted by atomic mass is 9.97. The zero-order valence-electron chi connectivity index (χ0n) is 19.8.